The number of rotatable bonds is 3. The van der Waals surface area contributed by atoms with Crippen molar-refractivity contribution in [2.45, 2.75) is 33.2 Å². The highest BCUT2D eigenvalue weighted by Gasteiger charge is 2.37. The SMILES string of the molecule is Cc1cc(C)c2c(N)c(C(=O)N3N=C(c4ccccc4)C[C@@H]3c3ccc(C)o3)sc2n1. The molecule has 31 heavy (non-hydrogen) atoms. The maximum absolute atomic E-state index is 13.7. The molecule has 2 N–H and O–H groups in total. The second kappa shape index (κ2) is 7.35. The van der Waals surface area contributed by atoms with Gasteiger partial charge in [-0.05, 0) is 50.1 Å². The van der Waals surface area contributed by atoms with Crippen LogP contribution in [-0.2, 0) is 0 Å². The lowest BCUT2D eigenvalue weighted by Gasteiger charge is -2.19. The quantitative estimate of drug-likeness (QED) is 0.472. The Labute approximate surface area is 184 Å². The number of hydrogen-bond acceptors (Lipinski definition) is 6. The second-order valence-corrected chi connectivity index (χ2v) is 8.84. The van der Waals surface area contributed by atoms with Gasteiger partial charge in [0.25, 0.3) is 5.91 Å². The lowest BCUT2D eigenvalue weighted by molar-refractivity contribution is 0.0698. The fourth-order valence-corrected chi connectivity index (χ4v) is 5.24. The molecular formula is C24H22N4O2S. The van der Waals surface area contributed by atoms with Crippen LogP contribution in [0.4, 0.5) is 5.69 Å². The van der Waals surface area contributed by atoms with E-state index in [1.165, 1.54) is 16.3 Å². The molecule has 1 amide bonds. The van der Waals surface area contributed by atoms with Crippen LogP contribution in [0.3, 0.4) is 0 Å². The van der Waals surface area contributed by atoms with Crippen LogP contribution < -0.4 is 5.73 Å². The summed E-state index contributed by atoms with van der Waals surface area (Å²) in [5.41, 5.74) is 10.7. The summed E-state index contributed by atoms with van der Waals surface area (Å²) < 4.78 is 5.88. The van der Waals surface area contributed by atoms with Crippen molar-refractivity contribution in [2.75, 3.05) is 5.73 Å². The number of furan rings is 1. The molecule has 5 rings (SSSR count). The molecule has 3 aromatic heterocycles. The van der Waals surface area contributed by atoms with Gasteiger partial charge in [0.2, 0.25) is 0 Å². The van der Waals surface area contributed by atoms with Crippen molar-refractivity contribution in [3.8, 4) is 0 Å². The van der Waals surface area contributed by atoms with Crippen LogP contribution >= 0.6 is 11.3 Å². The Morgan fingerprint density at radius 3 is 2.65 bits per heavy atom. The molecule has 0 unspecified atom stereocenters. The highest BCUT2D eigenvalue weighted by atomic mass is 32.1. The highest BCUT2D eigenvalue weighted by Crippen LogP contribution is 2.40. The van der Waals surface area contributed by atoms with Gasteiger partial charge in [0.05, 0.1) is 11.4 Å². The zero-order chi connectivity index (χ0) is 21.7. The first-order chi connectivity index (χ1) is 14.9. The van der Waals surface area contributed by atoms with E-state index in [0.29, 0.717) is 22.7 Å². The van der Waals surface area contributed by atoms with Crippen molar-refractivity contribution in [3.05, 3.63) is 81.7 Å². The highest BCUT2D eigenvalue weighted by molar-refractivity contribution is 7.21. The Morgan fingerprint density at radius 1 is 1.16 bits per heavy atom. The summed E-state index contributed by atoms with van der Waals surface area (Å²) in [6.07, 6.45) is 0.573. The maximum atomic E-state index is 13.7. The van der Waals surface area contributed by atoms with Crippen molar-refractivity contribution in [2.24, 2.45) is 5.10 Å². The third-order valence-electron chi connectivity index (χ3n) is 5.53. The molecular weight excluding hydrogens is 408 g/mol. The van der Waals surface area contributed by atoms with Crippen molar-refractivity contribution in [1.82, 2.24) is 9.99 Å². The number of hydrogen-bond donors (Lipinski definition) is 1. The van der Waals surface area contributed by atoms with E-state index < -0.39 is 0 Å². The van der Waals surface area contributed by atoms with Crippen LogP contribution in [0, 0.1) is 20.8 Å². The summed E-state index contributed by atoms with van der Waals surface area (Å²) in [7, 11) is 0. The van der Waals surface area contributed by atoms with E-state index >= 15 is 0 Å². The second-order valence-electron chi connectivity index (χ2n) is 7.84. The van der Waals surface area contributed by atoms with Gasteiger partial charge >= 0.3 is 0 Å². The number of nitrogens with zero attached hydrogens (tertiary/aromatic N) is 3. The molecule has 0 radical (unpaired) electrons. The number of aryl methyl sites for hydroxylation is 3. The van der Waals surface area contributed by atoms with Gasteiger partial charge in [0, 0.05) is 17.5 Å². The van der Waals surface area contributed by atoms with Gasteiger partial charge in [-0.2, -0.15) is 5.10 Å². The molecule has 0 bridgehead atoms. The molecule has 0 saturated heterocycles. The molecule has 4 heterocycles. The third-order valence-corrected chi connectivity index (χ3v) is 6.62. The van der Waals surface area contributed by atoms with Gasteiger partial charge in [0.15, 0.2) is 0 Å². The van der Waals surface area contributed by atoms with E-state index in [4.69, 9.17) is 15.3 Å². The normalized spacial score (nSPS) is 16.2. The Bertz CT molecular complexity index is 1340. The van der Waals surface area contributed by atoms with Gasteiger partial charge < -0.3 is 10.2 Å². The molecule has 0 aliphatic carbocycles. The summed E-state index contributed by atoms with van der Waals surface area (Å²) >= 11 is 1.32. The van der Waals surface area contributed by atoms with E-state index in [-0.39, 0.29) is 11.9 Å². The monoisotopic (exact) mass is 430 g/mol. The summed E-state index contributed by atoms with van der Waals surface area (Å²) in [4.78, 5) is 19.5. The predicted molar refractivity (Wildman–Crippen MR) is 123 cm³/mol. The average Bonchev–Trinajstić information content (AvgIpc) is 3.45. The molecule has 0 spiro atoms. The first kappa shape index (κ1) is 19.5. The smallest absolute Gasteiger partial charge is 0.286 e. The van der Waals surface area contributed by atoms with Crippen molar-refractivity contribution in [3.63, 3.8) is 0 Å². The minimum atomic E-state index is -0.322. The number of carbonyl (C=O) groups is 1. The molecule has 1 aliphatic heterocycles. The Hall–Kier alpha value is -3.45. The number of nitrogens with two attached hydrogens (primary N) is 1. The first-order valence-corrected chi connectivity index (χ1v) is 10.9. The first-order valence-electron chi connectivity index (χ1n) is 10.1. The number of amides is 1. The number of fused-ring (bicyclic) bond motifs is 1. The summed E-state index contributed by atoms with van der Waals surface area (Å²) in [5.74, 6) is 1.28. The predicted octanol–water partition coefficient (Wildman–Crippen LogP) is 5.39. The summed E-state index contributed by atoms with van der Waals surface area (Å²) in [6, 6.07) is 15.4. The maximum Gasteiger partial charge on any atom is 0.286 e. The van der Waals surface area contributed by atoms with Crippen molar-refractivity contribution >= 4 is 38.9 Å². The lowest BCUT2D eigenvalue weighted by atomic mass is 10.0. The number of pyridine rings is 1. The number of carbonyl (C=O) groups excluding carboxylic acids is 1. The lowest BCUT2D eigenvalue weighted by Crippen LogP contribution is -2.26. The van der Waals surface area contributed by atoms with Crippen LogP contribution in [0.25, 0.3) is 10.2 Å². The van der Waals surface area contributed by atoms with Gasteiger partial charge in [-0.1, -0.05) is 30.3 Å². The van der Waals surface area contributed by atoms with Gasteiger partial charge in [0.1, 0.15) is 27.3 Å². The zero-order valence-corrected chi connectivity index (χ0v) is 18.4. The third kappa shape index (κ3) is 3.31. The number of hydrazone groups is 1. The number of anilines is 1. The molecule has 1 atom stereocenters. The number of thiophene rings is 1. The molecule has 6 nitrogen and oxygen atoms in total. The average molecular weight is 431 g/mol. The molecule has 7 heteroatoms. The number of aromatic nitrogens is 1. The van der Waals surface area contributed by atoms with Gasteiger partial charge in [-0.25, -0.2) is 9.99 Å². The molecule has 0 saturated carbocycles. The van der Waals surface area contributed by atoms with E-state index in [0.717, 1.165) is 38.5 Å². The minimum absolute atomic E-state index is 0.234. The number of nitrogen functional groups attached to an aromatic ring is 1. The molecule has 156 valence electrons. The van der Waals surface area contributed by atoms with Crippen LogP contribution in [0.2, 0.25) is 0 Å². The zero-order valence-electron chi connectivity index (χ0n) is 17.5. The van der Waals surface area contributed by atoms with E-state index in [1.807, 2.05) is 69.3 Å². The standard InChI is InChI=1S/C24H22N4O2S/c1-13-11-14(2)26-23-20(13)21(25)22(31-23)24(29)28-18(19-10-9-15(3)30-19)12-17(27-28)16-7-5-4-6-8-16/h4-11,18H,12,25H2,1-3H3/t18-/m1/s1. The van der Waals surface area contributed by atoms with Gasteiger partial charge in [-0.15, -0.1) is 11.3 Å². The molecule has 1 aliphatic rings. The Kier molecular flexibility index (Phi) is 4.63. The fraction of sp³-hybridized carbons (Fsp3) is 0.208. The van der Waals surface area contributed by atoms with Crippen LogP contribution in [0.5, 0.6) is 0 Å². The topological polar surface area (TPSA) is 84.7 Å². The van der Waals surface area contributed by atoms with E-state index in [1.54, 1.807) is 0 Å². The van der Waals surface area contributed by atoms with E-state index in [2.05, 4.69) is 4.98 Å². The summed E-state index contributed by atoms with van der Waals surface area (Å²) in [6.45, 7) is 5.82. The van der Waals surface area contributed by atoms with Crippen molar-refractivity contribution < 1.29 is 9.21 Å². The number of benzene rings is 1. The molecule has 4 aromatic rings. The Morgan fingerprint density at radius 2 is 1.94 bits per heavy atom. The van der Waals surface area contributed by atoms with Crippen LogP contribution in [-0.4, -0.2) is 21.6 Å². The minimum Gasteiger partial charge on any atom is -0.464 e. The van der Waals surface area contributed by atoms with E-state index in [9.17, 15) is 4.79 Å². The summed E-state index contributed by atoms with van der Waals surface area (Å²) in [5, 5.41) is 7.09. The Balaban J connectivity index is 1.60. The fourth-order valence-electron chi connectivity index (χ4n) is 4.09. The molecule has 1 aromatic carbocycles. The molecule has 0 fully saturated rings. The van der Waals surface area contributed by atoms with Crippen LogP contribution in [0.1, 0.15) is 50.5 Å². The van der Waals surface area contributed by atoms with Gasteiger partial charge in [-0.3, -0.25) is 4.79 Å². The van der Waals surface area contributed by atoms with Crippen molar-refractivity contribution in [1.29, 1.82) is 0 Å². The van der Waals surface area contributed by atoms with Crippen LogP contribution in [0.15, 0.2) is 58.0 Å². The largest absolute Gasteiger partial charge is 0.464 e.